The smallest absolute Gasteiger partial charge is 0.123 e. The van der Waals surface area contributed by atoms with Crippen LogP contribution in [0.1, 0.15) is 25.5 Å². The lowest BCUT2D eigenvalue weighted by molar-refractivity contribution is 0.400. The highest BCUT2D eigenvalue weighted by atomic mass is 16.5. The van der Waals surface area contributed by atoms with Crippen LogP contribution < -0.4 is 10.1 Å². The summed E-state index contributed by atoms with van der Waals surface area (Å²) in [4.78, 5) is 0. The van der Waals surface area contributed by atoms with Crippen molar-refractivity contribution >= 4 is 0 Å². The van der Waals surface area contributed by atoms with Crippen LogP contribution in [0.2, 0.25) is 0 Å². The summed E-state index contributed by atoms with van der Waals surface area (Å²) in [5, 5.41) is 3.42. The number of ether oxygens (including phenoxy) is 1. The van der Waals surface area contributed by atoms with Gasteiger partial charge in [0.1, 0.15) is 5.75 Å². The third-order valence-corrected chi connectivity index (χ3v) is 2.47. The number of hydrogen-bond acceptors (Lipinski definition) is 2. The first-order chi connectivity index (χ1) is 7.19. The Hall–Kier alpha value is -1.28. The normalized spacial score (nSPS) is 14.3. The molecule has 2 unspecified atom stereocenters. The van der Waals surface area contributed by atoms with Gasteiger partial charge in [0, 0.05) is 17.6 Å². The maximum atomic E-state index is 5.32. The van der Waals surface area contributed by atoms with Crippen LogP contribution in [0.15, 0.2) is 36.9 Å². The lowest BCUT2D eigenvalue weighted by Crippen LogP contribution is -2.27. The van der Waals surface area contributed by atoms with E-state index >= 15 is 0 Å². The van der Waals surface area contributed by atoms with Gasteiger partial charge in [0.05, 0.1) is 7.11 Å². The summed E-state index contributed by atoms with van der Waals surface area (Å²) >= 11 is 0. The van der Waals surface area contributed by atoms with Crippen molar-refractivity contribution in [2.45, 2.75) is 25.9 Å². The highest BCUT2D eigenvalue weighted by molar-refractivity contribution is 5.35. The number of nitrogens with one attached hydrogen (secondary N) is 1. The van der Waals surface area contributed by atoms with Crippen molar-refractivity contribution in [3.63, 3.8) is 0 Å². The topological polar surface area (TPSA) is 21.3 Å². The zero-order valence-electron chi connectivity index (χ0n) is 9.66. The summed E-state index contributed by atoms with van der Waals surface area (Å²) in [6.07, 6.45) is 1.89. The van der Waals surface area contributed by atoms with Crippen LogP contribution in [0, 0.1) is 0 Å². The Morgan fingerprint density at radius 3 is 2.60 bits per heavy atom. The first-order valence-electron chi connectivity index (χ1n) is 5.20. The SMILES string of the molecule is C=CC(C)NC(C)c1ccccc1OC. The van der Waals surface area contributed by atoms with Crippen LogP contribution in [0.25, 0.3) is 0 Å². The molecule has 0 saturated carbocycles. The van der Waals surface area contributed by atoms with E-state index in [0.717, 1.165) is 5.75 Å². The van der Waals surface area contributed by atoms with E-state index in [1.807, 2.05) is 24.3 Å². The molecule has 0 radical (unpaired) electrons. The average Bonchev–Trinajstić information content (AvgIpc) is 2.28. The minimum absolute atomic E-state index is 0.258. The van der Waals surface area contributed by atoms with E-state index in [-0.39, 0.29) is 6.04 Å². The number of hydrogen-bond donors (Lipinski definition) is 1. The van der Waals surface area contributed by atoms with Crippen LogP contribution in [0.3, 0.4) is 0 Å². The molecular formula is C13H19NO. The van der Waals surface area contributed by atoms with E-state index in [4.69, 9.17) is 4.74 Å². The minimum Gasteiger partial charge on any atom is -0.496 e. The lowest BCUT2D eigenvalue weighted by Gasteiger charge is -2.19. The number of para-hydroxylation sites is 1. The fraction of sp³-hybridized carbons (Fsp3) is 0.385. The van der Waals surface area contributed by atoms with E-state index in [2.05, 4.69) is 31.8 Å². The summed E-state index contributed by atoms with van der Waals surface area (Å²) in [5.74, 6) is 0.925. The Balaban J connectivity index is 2.80. The molecule has 0 aliphatic carbocycles. The van der Waals surface area contributed by atoms with E-state index in [9.17, 15) is 0 Å². The van der Waals surface area contributed by atoms with E-state index in [1.165, 1.54) is 5.56 Å². The van der Waals surface area contributed by atoms with Gasteiger partial charge in [0.15, 0.2) is 0 Å². The molecule has 2 heteroatoms. The second-order valence-electron chi connectivity index (χ2n) is 3.65. The van der Waals surface area contributed by atoms with Gasteiger partial charge in [-0.1, -0.05) is 24.3 Å². The molecule has 0 fully saturated rings. The minimum atomic E-state index is 0.258. The Morgan fingerprint density at radius 1 is 1.33 bits per heavy atom. The molecule has 0 aromatic heterocycles. The predicted molar refractivity (Wildman–Crippen MR) is 64.2 cm³/mol. The lowest BCUT2D eigenvalue weighted by atomic mass is 10.1. The summed E-state index contributed by atoms with van der Waals surface area (Å²) in [6, 6.07) is 8.61. The van der Waals surface area contributed by atoms with E-state index in [0.29, 0.717) is 6.04 Å². The molecule has 2 nitrogen and oxygen atoms in total. The van der Waals surface area contributed by atoms with Crippen molar-refractivity contribution in [1.82, 2.24) is 5.32 Å². The number of rotatable bonds is 5. The first kappa shape index (κ1) is 11.8. The molecule has 1 aromatic carbocycles. The van der Waals surface area contributed by atoms with Crippen LogP contribution in [0.4, 0.5) is 0 Å². The summed E-state index contributed by atoms with van der Waals surface area (Å²) in [6.45, 7) is 7.96. The number of benzene rings is 1. The van der Waals surface area contributed by atoms with Crippen molar-refractivity contribution < 1.29 is 4.74 Å². The molecule has 0 saturated heterocycles. The second-order valence-corrected chi connectivity index (χ2v) is 3.65. The van der Waals surface area contributed by atoms with Crippen LogP contribution >= 0.6 is 0 Å². The van der Waals surface area contributed by atoms with Crippen molar-refractivity contribution in [1.29, 1.82) is 0 Å². The molecule has 0 aliphatic rings. The first-order valence-corrected chi connectivity index (χ1v) is 5.20. The Labute approximate surface area is 92.0 Å². The predicted octanol–water partition coefficient (Wildman–Crippen LogP) is 2.92. The van der Waals surface area contributed by atoms with Crippen LogP contribution in [-0.4, -0.2) is 13.2 Å². The molecular weight excluding hydrogens is 186 g/mol. The Kier molecular flexibility index (Phi) is 4.37. The summed E-state index contributed by atoms with van der Waals surface area (Å²) in [5.41, 5.74) is 1.17. The molecule has 0 aliphatic heterocycles. The van der Waals surface area contributed by atoms with Crippen molar-refractivity contribution in [2.75, 3.05) is 7.11 Å². The van der Waals surface area contributed by atoms with E-state index < -0.39 is 0 Å². The molecule has 0 heterocycles. The average molecular weight is 205 g/mol. The molecule has 1 aromatic rings. The molecule has 1 N–H and O–H groups in total. The molecule has 2 atom stereocenters. The quantitative estimate of drug-likeness (QED) is 0.746. The van der Waals surface area contributed by atoms with Gasteiger partial charge in [-0.05, 0) is 19.9 Å². The molecule has 0 spiro atoms. The molecule has 82 valence electrons. The van der Waals surface area contributed by atoms with Gasteiger partial charge < -0.3 is 10.1 Å². The van der Waals surface area contributed by atoms with Crippen LogP contribution in [0.5, 0.6) is 5.75 Å². The van der Waals surface area contributed by atoms with Gasteiger partial charge in [-0.2, -0.15) is 0 Å². The third kappa shape index (κ3) is 3.10. The fourth-order valence-electron chi connectivity index (χ4n) is 1.58. The van der Waals surface area contributed by atoms with Gasteiger partial charge in [-0.15, -0.1) is 6.58 Å². The van der Waals surface area contributed by atoms with Gasteiger partial charge in [-0.3, -0.25) is 0 Å². The number of methoxy groups -OCH3 is 1. The Bertz CT molecular complexity index is 322. The monoisotopic (exact) mass is 205 g/mol. The highest BCUT2D eigenvalue weighted by Gasteiger charge is 2.11. The highest BCUT2D eigenvalue weighted by Crippen LogP contribution is 2.24. The molecule has 1 rings (SSSR count). The fourth-order valence-corrected chi connectivity index (χ4v) is 1.58. The van der Waals surface area contributed by atoms with E-state index in [1.54, 1.807) is 7.11 Å². The van der Waals surface area contributed by atoms with Gasteiger partial charge in [0.25, 0.3) is 0 Å². The zero-order valence-corrected chi connectivity index (χ0v) is 9.66. The molecule has 0 bridgehead atoms. The zero-order chi connectivity index (χ0) is 11.3. The second kappa shape index (κ2) is 5.56. The van der Waals surface area contributed by atoms with Crippen LogP contribution in [-0.2, 0) is 0 Å². The van der Waals surface area contributed by atoms with Gasteiger partial charge >= 0.3 is 0 Å². The Morgan fingerprint density at radius 2 is 2.00 bits per heavy atom. The molecule has 0 amide bonds. The maximum absolute atomic E-state index is 5.32. The standard InChI is InChI=1S/C13H19NO/c1-5-10(2)14-11(3)12-8-6-7-9-13(12)15-4/h5-11,14H,1H2,2-4H3. The maximum Gasteiger partial charge on any atom is 0.123 e. The summed E-state index contributed by atoms with van der Waals surface area (Å²) < 4.78 is 5.32. The summed E-state index contributed by atoms with van der Waals surface area (Å²) in [7, 11) is 1.70. The van der Waals surface area contributed by atoms with Gasteiger partial charge in [0.2, 0.25) is 0 Å². The van der Waals surface area contributed by atoms with Gasteiger partial charge in [-0.25, -0.2) is 0 Å². The van der Waals surface area contributed by atoms with Crippen molar-refractivity contribution in [3.8, 4) is 5.75 Å². The largest absolute Gasteiger partial charge is 0.496 e. The van der Waals surface area contributed by atoms with Crippen molar-refractivity contribution in [2.24, 2.45) is 0 Å². The molecule has 15 heavy (non-hydrogen) atoms. The third-order valence-electron chi connectivity index (χ3n) is 2.47. The van der Waals surface area contributed by atoms with Crippen molar-refractivity contribution in [3.05, 3.63) is 42.5 Å².